The minimum atomic E-state index is -0.388. The lowest BCUT2D eigenvalue weighted by Crippen LogP contribution is -2.42. The van der Waals surface area contributed by atoms with Crippen molar-refractivity contribution in [3.63, 3.8) is 0 Å². The van der Waals surface area contributed by atoms with E-state index in [2.05, 4.69) is 4.98 Å². The number of hydrogen-bond donors (Lipinski definition) is 1. The summed E-state index contributed by atoms with van der Waals surface area (Å²) < 4.78 is 10.3. The van der Waals surface area contributed by atoms with Gasteiger partial charge in [-0.1, -0.05) is 12.1 Å². The van der Waals surface area contributed by atoms with Crippen LogP contribution < -0.4 is 9.64 Å². The van der Waals surface area contributed by atoms with Crippen molar-refractivity contribution in [3.05, 3.63) is 59.3 Å². The molecular formula is C24H23N3O5. The minimum absolute atomic E-state index is 0.00843. The number of aromatic nitrogens is 1. The molecule has 164 valence electrons. The maximum absolute atomic E-state index is 13.0. The second-order valence-electron chi connectivity index (χ2n) is 7.95. The van der Waals surface area contributed by atoms with Crippen LogP contribution in [0.15, 0.2) is 42.5 Å². The summed E-state index contributed by atoms with van der Waals surface area (Å²) in [5, 5.41) is 0.928. The second kappa shape index (κ2) is 8.03. The predicted molar refractivity (Wildman–Crippen MR) is 118 cm³/mol. The third kappa shape index (κ3) is 3.47. The molecule has 1 N–H and O–H groups in total. The molecular weight excluding hydrogens is 410 g/mol. The molecule has 2 aromatic carbocycles. The molecule has 0 spiro atoms. The molecule has 3 aromatic rings. The quantitative estimate of drug-likeness (QED) is 0.639. The lowest BCUT2D eigenvalue weighted by atomic mass is 10.0. The lowest BCUT2D eigenvalue weighted by molar-refractivity contribution is -0.132. The van der Waals surface area contributed by atoms with Gasteiger partial charge in [-0.05, 0) is 30.3 Å². The van der Waals surface area contributed by atoms with Crippen molar-refractivity contribution >= 4 is 34.4 Å². The first-order valence-corrected chi connectivity index (χ1v) is 10.6. The maximum atomic E-state index is 13.0. The van der Waals surface area contributed by atoms with E-state index in [-0.39, 0.29) is 30.8 Å². The van der Waals surface area contributed by atoms with Crippen LogP contribution in [0, 0.1) is 0 Å². The number of rotatable bonds is 4. The molecule has 0 saturated heterocycles. The fraction of sp³-hybridized carbons (Fsp3) is 0.292. The highest BCUT2D eigenvalue weighted by molar-refractivity contribution is 5.98. The Morgan fingerprint density at radius 2 is 2.03 bits per heavy atom. The Kier molecular flexibility index (Phi) is 5.05. The zero-order valence-corrected chi connectivity index (χ0v) is 17.7. The number of nitrogens with zero attached hydrogens (tertiary/aromatic N) is 2. The molecule has 0 bridgehead atoms. The van der Waals surface area contributed by atoms with Gasteiger partial charge < -0.3 is 24.3 Å². The normalized spacial score (nSPS) is 15.2. The van der Waals surface area contributed by atoms with Crippen LogP contribution in [0.4, 0.5) is 5.69 Å². The second-order valence-corrected chi connectivity index (χ2v) is 7.95. The van der Waals surface area contributed by atoms with E-state index in [1.54, 1.807) is 11.0 Å². The molecule has 5 rings (SSSR count). The van der Waals surface area contributed by atoms with Gasteiger partial charge >= 0.3 is 5.97 Å². The Balaban J connectivity index is 1.32. The first-order valence-electron chi connectivity index (χ1n) is 10.6. The van der Waals surface area contributed by atoms with Gasteiger partial charge in [-0.3, -0.25) is 9.59 Å². The van der Waals surface area contributed by atoms with Crippen LogP contribution in [0.3, 0.4) is 0 Å². The summed E-state index contributed by atoms with van der Waals surface area (Å²) >= 11 is 0. The highest BCUT2D eigenvalue weighted by Crippen LogP contribution is 2.32. The third-order valence-corrected chi connectivity index (χ3v) is 6.11. The number of aromatic amines is 1. The van der Waals surface area contributed by atoms with E-state index in [0.717, 1.165) is 22.2 Å². The lowest BCUT2D eigenvalue weighted by Gasteiger charge is -2.31. The number of carbonyl (C=O) groups excluding carboxylic acids is 3. The van der Waals surface area contributed by atoms with E-state index in [1.165, 1.54) is 7.11 Å². The third-order valence-electron chi connectivity index (χ3n) is 6.11. The van der Waals surface area contributed by atoms with Gasteiger partial charge in [0.25, 0.3) is 5.91 Å². The van der Waals surface area contributed by atoms with Crippen molar-refractivity contribution in [3.8, 4) is 5.75 Å². The summed E-state index contributed by atoms with van der Waals surface area (Å²) in [7, 11) is 1.36. The Morgan fingerprint density at radius 3 is 2.88 bits per heavy atom. The van der Waals surface area contributed by atoms with E-state index < -0.39 is 0 Å². The van der Waals surface area contributed by atoms with Gasteiger partial charge in [-0.2, -0.15) is 0 Å². The van der Waals surface area contributed by atoms with Crippen molar-refractivity contribution in [1.29, 1.82) is 0 Å². The molecule has 1 aromatic heterocycles. The van der Waals surface area contributed by atoms with Gasteiger partial charge in [0.2, 0.25) is 5.91 Å². The summed E-state index contributed by atoms with van der Waals surface area (Å²) in [6.45, 7) is 1.36. The number of para-hydroxylation sites is 2. The largest absolute Gasteiger partial charge is 0.482 e. The fourth-order valence-electron chi connectivity index (χ4n) is 4.44. The van der Waals surface area contributed by atoms with Crippen molar-refractivity contribution in [2.24, 2.45) is 0 Å². The molecule has 2 aliphatic heterocycles. The van der Waals surface area contributed by atoms with Crippen LogP contribution in [0.2, 0.25) is 0 Å². The van der Waals surface area contributed by atoms with Crippen LogP contribution in [-0.2, 0) is 27.3 Å². The average Bonchev–Trinajstić information content (AvgIpc) is 3.19. The molecule has 32 heavy (non-hydrogen) atoms. The number of nitrogens with one attached hydrogen (secondary N) is 1. The van der Waals surface area contributed by atoms with E-state index in [9.17, 15) is 14.4 Å². The van der Waals surface area contributed by atoms with Crippen LogP contribution in [-0.4, -0.2) is 54.5 Å². The zero-order chi connectivity index (χ0) is 22.2. The monoisotopic (exact) mass is 433 g/mol. The van der Waals surface area contributed by atoms with Crippen molar-refractivity contribution in [2.45, 2.75) is 19.4 Å². The number of hydrogen-bond acceptors (Lipinski definition) is 5. The number of methoxy groups -OCH3 is 1. The molecule has 3 heterocycles. The van der Waals surface area contributed by atoms with Crippen LogP contribution in [0.5, 0.6) is 5.75 Å². The molecule has 0 radical (unpaired) electrons. The zero-order valence-electron chi connectivity index (χ0n) is 17.7. The smallest absolute Gasteiger partial charge is 0.337 e. The highest BCUT2D eigenvalue weighted by atomic mass is 16.5. The van der Waals surface area contributed by atoms with Gasteiger partial charge in [-0.15, -0.1) is 0 Å². The van der Waals surface area contributed by atoms with Crippen LogP contribution >= 0.6 is 0 Å². The Bertz CT molecular complexity index is 1230. The van der Waals surface area contributed by atoms with Gasteiger partial charge in [0.1, 0.15) is 5.75 Å². The maximum Gasteiger partial charge on any atom is 0.337 e. The Labute approximate surface area is 184 Å². The summed E-state index contributed by atoms with van der Waals surface area (Å²) in [5.74, 6) is 0.110. The van der Waals surface area contributed by atoms with Crippen LogP contribution in [0.25, 0.3) is 10.9 Å². The van der Waals surface area contributed by atoms with E-state index in [4.69, 9.17) is 9.47 Å². The Morgan fingerprint density at radius 1 is 1.19 bits per heavy atom. The summed E-state index contributed by atoms with van der Waals surface area (Å²) in [6, 6.07) is 12.8. The predicted octanol–water partition coefficient (Wildman–Crippen LogP) is 2.65. The number of amides is 2. The van der Waals surface area contributed by atoms with Crippen LogP contribution in [0.1, 0.15) is 28.0 Å². The standard InChI is InChI=1S/C24H23N3O5/c1-31-24(30)15-6-7-18-16(12-15)17-13-26(10-8-19(17)25-18)22(28)9-11-27-20-4-2-3-5-21(20)32-14-23(27)29/h2-7,12,25H,8-11,13-14H2,1H3. The van der Waals surface area contributed by atoms with E-state index in [0.29, 0.717) is 43.1 Å². The first-order chi connectivity index (χ1) is 15.5. The molecule has 8 heteroatoms. The van der Waals surface area contributed by atoms with Crippen molar-refractivity contribution < 1.29 is 23.9 Å². The van der Waals surface area contributed by atoms with E-state index >= 15 is 0 Å². The summed E-state index contributed by atoms with van der Waals surface area (Å²) in [4.78, 5) is 44.2. The number of ether oxygens (including phenoxy) is 2. The van der Waals surface area contributed by atoms with Crippen molar-refractivity contribution in [2.75, 3.05) is 31.7 Å². The summed E-state index contributed by atoms with van der Waals surface area (Å²) in [5.41, 5.74) is 4.23. The molecule has 0 atom stereocenters. The SMILES string of the molecule is COC(=O)c1ccc2[nH]c3c(c2c1)CN(C(=O)CCN1C(=O)COc2ccccc21)CC3. The molecule has 0 aliphatic carbocycles. The highest BCUT2D eigenvalue weighted by Gasteiger charge is 2.28. The topological polar surface area (TPSA) is 91.9 Å². The summed E-state index contributed by atoms with van der Waals surface area (Å²) in [6.07, 6.45) is 0.938. The number of fused-ring (bicyclic) bond motifs is 4. The molecule has 2 aliphatic rings. The molecule has 8 nitrogen and oxygen atoms in total. The number of carbonyl (C=O) groups is 3. The number of anilines is 1. The number of esters is 1. The van der Waals surface area contributed by atoms with Gasteiger partial charge in [0, 0.05) is 54.6 Å². The Hall–Kier alpha value is -3.81. The first kappa shape index (κ1) is 20.1. The molecule has 0 saturated carbocycles. The van der Waals surface area contributed by atoms with Crippen molar-refractivity contribution in [1.82, 2.24) is 9.88 Å². The molecule has 0 unspecified atom stereocenters. The fourth-order valence-corrected chi connectivity index (χ4v) is 4.44. The van der Waals surface area contributed by atoms with Gasteiger partial charge in [-0.25, -0.2) is 4.79 Å². The molecule has 2 amide bonds. The minimum Gasteiger partial charge on any atom is -0.482 e. The van der Waals surface area contributed by atoms with Gasteiger partial charge in [0.15, 0.2) is 6.61 Å². The van der Waals surface area contributed by atoms with E-state index in [1.807, 2.05) is 41.3 Å². The molecule has 0 fully saturated rings. The number of H-pyrrole nitrogens is 1. The van der Waals surface area contributed by atoms with Gasteiger partial charge in [0.05, 0.1) is 18.4 Å². The average molecular weight is 433 g/mol. The number of benzene rings is 2.